The van der Waals surface area contributed by atoms with E-state index in [1.54, 1.807) is 0 Å². The SMILES string of the molecule is NCCCCC(NC(=O)C(CC(N)=O)NC(=O)CN)C(=O)NC(CO)C(=O)O. The van der Waals surface area contributed by atoms with Gasteiger partial charge in [-0.05, 0) is 25.8 Å². The van der Waals surface area contributed by atoms with Crippen LogP contribution in [0.3, 0.4) is 0 Å². The van der Waals surface area contributed by atoms with E-state index >= 15 is 0 Å². The number of carboxylic acids is 1. The molecule has 0 aromatic heterocycles. The molecular formula is C15H28N6O7. The van der Waals surface area contributed by atoms with Crippen molar-refractivity contribution in [2.45, 2.75) is 43.8 Å². The highest BCUT2D eigenvalue weighted by molar-refractivity contribution is 5.95. The first-order valence-electron chi connectivity index (χ1n) is 8.58. The van der Waals surface area contributed by atoms with Crippen LogP contribution in [0.15, 0.2) is 0 Å². The van der Waals surface area contributed by atoms with Gasteiger partial charge in [-0.15, -0.1) is 0 Å². The molecule has 0 radical (unpaired) electrons. The van der Waals surface area contributed by atoms with Crippen LogP contribution in [0.5, 0.6) is 0 Å². The van der Waals surface area contributed by atoms with Gasteiger partial charge in [0, 0.05) is 0 Å². The summed E-state index contributed by atoms with van der Waals surface area (Å²) < 4.78 is 0. The predicted octanol–water partition coefficient (Wildman–Crippen LogP) is -4.52. The average Bonchev–Trinajstić information content (AvgIpc) is 2.63. The van der Waals surface area contributed by atoms with Crippen LogP contribution in [0.1, 0.15) is 25.7 Å². The monoisotopic (exact) mass is 404 g/mol. The Morgan fingerprint density at radius 2 is 1.43 bits per heavy atom. The van der Waals surface area contributed by atoms with Gasteiger partial charge in [0.1, 0.15) is 18.1 Å². The highest BCUT2D eigenvalue weighted by atomic mass is 16.4. The van der Waals surface area contributed by atoms with Gasteiger partial charge < -0.3 is 43.4 Å². The predicted molar refractivity (Wildman–Crippen MR) is 96.3 cm³/mol. The lowest BCUT2D eigenvalue weighted by Gasteiger charge is -2.23. The molecule has 0 rings (SSSR count). The quantitative estimate of drug-likeness (QED) is 0.130. The number of nitrogens with one attached hydrogen (secondary N) is 3. The minimum atomic E-state index is -1.56. The normalized spacial score (nSPS) is 13.7. The van der Waals surface area contributed by atoms with Gasteiger partial charge in [0.05, 0.1) is 19.6 Å². The van der Waals surface area contributed by atoms with Gasteiger partial charge in [-0.25, -0.2) is 4.79 Å². The van der Waals surface area contributed by atoms with E-state index < -0.39 is 67.3 Å². The summed E-state index contributed by atoms with van der Waals surface area (Å²) in [5, 5.41) is 24.6. The van der Waals surface area contributed by atoms with Crippen LogP contribution in [-0.4, -0.2) is 77.6 Å². The Balaban J connectivity index is 5.26. The molecule has 4 amide bonds. The van der Waals surface area contributed by atoms with Gasteiger partial charge >= 0.3 is 5.97 Å². The minimum absolute atomic E-state index is 0.112. The molecular weight excluding hydrogens is 376 g/mol. The number of carbonyl (C=O) groups is 5. The van der Waals surface area contributed by atoms with Crippen molar-refractivity contribution in [2.75, 3.05) is 19.7 Å². The molecule has 0 heterocycles. The van der Waals surface area contributed by atoms with E-state index in [0.29, 0.717) is 19.4 Å². The third-order valence-corrected chi connectivity index (χ3v) is 3.62. The zero-order valence-corrected chi connectivity index (χ0v) is 15.3. The first-order valence-corrected chi connectivity index (χ1v) is 8.58. The number of nitrogens with two attached hydrogens (primary N) is 3. The molecule has 160 valence electrons. The smallest absolute Gasteiger partial charge is 0.328 e. The molecule has 0 aromatic rings. The molecule has 0 bridgehead atoms. The summed E-state index contributed by atoms with van der Waals surface area (Å²) in [6.07, 6.45) is 0.557. The van der Waals surface area contributed by atoms with Crippen LogP contribution in [0, 0.1) is 0 Å². The summed E-state index contributed by atoms with van der Waals surface area (Å²) in [7, 11) is 0. The van der Waals surface area contributed by atoms with Gasteiger partial charge in [-0.2, -0.15) is 0 Å². The second-order valence-corrected chi connectivity index (χ2v) is 5.92. The zero-order chi connectivity index (χ0) is 21.7. The van der Waals surface area contributed by atoms with Gasteiger partial charge in [-0.3, -0.25) is 19.2 Å². The molecule has 13 nitrogen and oxygen atoms in total. The molecule has 3 atom stereocenters. The molecule has 0 aliphatic carbocycles. The van der Waals surface area contributed by atoms with Gasteiger partial charge in [0.2, 0.25) is 23.6 Å². The molecule has 0 aliphatic heterocycles. The summed E-state index contributed by atoms with van der Waals surface area (Å²) in [6, 6.07) is -4.09. The van der Waals surface area contributed by atoms with Crippen molar-refractivity contribution in [3.63, 3.8) is 0 Å². The number of unbranched alkanes of at least 4 members (excludes halogenated alkanes) is 1. The first kappa shape index (κ1) is 25.2. The maximum atomic E-state index is 12.4. The number of carbonyl (C=O) groups excluding carboxylic acids is 4. The fraction of sp³-hybridized carbons (Fsp3) is 0.667. The van der Waals surface area contributed by atoms with Crippen LogP contribution in [0.2, 0.25) is 0 Å². The van der Waals surface area contributed by atoms with E-state index in [-0.39, 0.29) is 6.42 Å². The lowest BCUT2D eigenvalue weighted by Crippen LogP contribution is -2.57. The zero-order valence-electron chi connectivity index (χ0n) is 15.3. The maximum Gasteiger partial charge on any atom is 0.328 e. The number of rotatable bonds is 14. The van der Waals surface area contributed by atoms with E-state index in [1.165, 1.54) is 0 Å². The first-order chi connectivity index (χ1) is 13.2. The Kier molecular flexibility index (Phi) is 12.1. The summed E-state index contributed by atoms with van der Waals surface area (Å²) in [5.41, 5.74) is 15.6. The topological polar surface area (TPSA) is 240 Å². The number of aliphatic hydroxyl groups is 1. The van der Waals surface area contributed by atoms with E-state index in [1.807, 2.05) is 0 Å². The summed E-state index contributed by atoms with van der Waals surface area (Å²) in [4.78, 5) is 58.3. The number of amides is 4. The van der Waals surface area contributed by atoms with Crippen LogP contribution in [0.4, 0.5) is 0 Å². The molecule has 3 unspecified atom stereocenters. The number of aliphatic carboxylic acids is 1. The number of primary amides is 1. The fourth-order valence-corrected chi connectivity index (χ4v) is 2.16. The number of aliphatic hydroxyl groups excluding tert-OH is 1. The highest BCUT2D eigenvalue weighted by Gasteiger charge is 2.29. The van der Waals surface area contributed by atoms with E-state index in [9.17, 15) is 24.0 Å². The maximum absolute atomic E-state index is 12.4. The Morgan fingerprint density at radius 1 is 0.857 bits per heavy atom. The second kappa shape index (κ2) is 13.4. The number of hydrogen-bond acceptors (Lipinski definition) is 8. The van der Waals surface area contributed by atoms with Crippen molar-refractivity contribution in [1.29, 1.82) is 0 Å². The van der Waals surface area contributed by atoms with Gasteiger partial charge in [0.25, 0.3) is 0 Å². The molecule has 28 heavy (non-hydrogen) atoms. The molecule has 13 heteroatoms. The Labute approximate surface area is 161 Å². The minimum Gasteiger partial charge on any atom is -0.480 e. The summed E-state index contributed by atoms with van der Waals surface area (Å²) >= 11 is 0. The number of hydrogen-bond donors (Lipinski definition) is 8. The molecule has 0 aromatic carbocycles. The van der Waals surface area contributed by atoms with E-state index in [2.05, 4.69) is 16.0 Å². The van der Waals surface area contributed by atoms with Crippen LogP contribution >= 0.6 is 0 Å². The van der Waals surface area contributed by atoms with Crippen LogP contribution in [0.25, 0.3) is 0 Å². The van der Waals surface area contributed by atoms with E-state index in [0.717, 1.165) is 0 Å². The Morgan fingerprint density at radius 3 is 1.89 bits per heavy atom. The standard InChI is InChI=1S/C15H28N6O7/c16-4-2-1-3-8(13(25)21-10(7-22)15(27)28)20-14(26)9(5-11(18)23)19-12(24)6-17/h8-10,22H,1-7,16-17H2,(H2,18,23)(H,19,24)(H,20,26)(H,21,25)(H,27,28). The third kappa shape index (κ3) is 9.80. The molecule has 0 aliphatic rings. The average molecular weight is 404 g/mol. The second-order valence-electron chi connectivity index (χ2n) is 5.92. The summed E-state index contributed by atoms with van der Waals surface area (Å²) in [5.74, 6) is -4.76. The van der Waals surface area contributed by atoms with Crippen LogP contribution < -0.4 is 33.2 Å². The van der Waals surface area contributed by atoms with Crippen molar-refractivity contribution in [3.05, 3.63) is 0 Å². The van der Waals surface area contributed by atoms with Gasteiger partial charge in [0.15, 0.2) is 0 Å². The molecule has 11 N–H and O–H groups in total. The van der Waals surface area contributed by atoms with Gasteiger partial charge in [-0.1, -0.05) is 0 Å². The van der Waals surface area contributed by atoms with Crippen molar-refractivity contribution in [2.24, 2.45) is 17.2 Å². The lowest BCUT2D eigenvalue weighted by molar-refractivity contribution is -0.143. The fourth-order valence-electron chi connectivity index (χ4n) is 2.16. The van der Waals surface area contributed by atoms with Crippen LogP contribution in [-0.2, 0) is 24.0 Å². The molecule has 0 saturated carbocycles. The Hall–Kier alpha value is -2.77. The van der Waals surface area contributed by atoms with E-state index in [4.69, 9.17) is 27.4 Å². The lowest BCUT2D eigenvalue weighted by atomic mass is 10.1. The summed E-state index contributed by atoms with van der Waals surface area (Å²) in [6.45, 7) is -0.936. The van der Waals surface area contributed by atoms with Crippen molar-refractivity contribution in [1.82, 2.24) is 16.0 Å². The number of carboxylic acid groups (broad SMARTS) is 1. The van der Waals surface area contributed by atoms with Crippen molar-refractivity contribution in [3.8, 4) is 0 Å². The molecule has 0 saturated heterocycles. The largest absolute Gasteiger partial charge is 0.480 e. The van der Waals surface area contributed by atoms with Crippen molar-refractivity contribution >= 4 is 29.6 Å². The third-order valence-electron chi connectivity index (χ3n) is 3.62. The molecule has 0 fully saturated rings. The highest BCUT2D eigenvalue weighted by Crippen LogP contribution is 2.04. The molecule has 0 spiro atoms. The van der Waals surface area contributed by atoms with Crippen molar-refractivity contribution < 1.29 is 34.2 Å². The Bertz CT molecular complexity index is 571.